The Labute approximate surface area is 128 Å². The Kier molecular flexibility index (Phi) is 5.12. The van der Waals surface area contributed by atoms with Crippen LogP contribution in [0.2, 0.25) is 0 Å². The highest BCUT2D eigenvalue weighted by Crippen LogP contribution is 2.24. The summed E-state index contributed by atoms with van der Waals surface area (Å²) in [6, 6.07) is 6.67. The summed E-state index contributed by atoms with van der Waals surface area (Å²) >= 11 is 1.47. The van der Waals surface area contributed by atoms with Crippen molar-refractivity contribution in [3.63, 3.8) is 0 Å². The van der Waals surface area contributed by atoms with E-state index in [0.717, 1.165) is 18.8 Å². The monoisotopic (exact) mass is 308 g/mol. The van der Waals surface area contributed by atoms with Gasteiger partial charge in [-0.3, -0.25) is 4.79 Å². The lowest BCUT2D eigenvalue weighted by Crippen LogP contribution is -2.41. The molecule has 0 saturated carbocycles. The second kappa shape index (κ2) is 6.85. The first-order chi connectivity index (χ1) is 10.1. The Morgan fingerprint density at radius 2 is 1.90 bits per heavy atom. The van der Waals surface area contributed by atoms with Crippen LogP contribution in [0.15, 0.2) is 24.3 Å². The third-order valence-corrected chi connectivity index (χ3v) is 4.68. The fourth-order valence-corrected chi connectivity index (χ4v) is 3.56. The van der Waals surface area contributed by atoms with E-state index in [9.17, 15) is 9.59 Å². The minimum atomic E-state index is -0.937. The Balaban J connectivity index is 2.15. The van der Waals surface area contributed by atoms with Crippen LogP contribution in [0.5, 0.6) is 0 Å². The number of carbonyl (C=O) groups is 2. The van der Waals surface area contributed by atoms with Gasteiger partial charge in [0.15, 0.2) is 0 Å². The number of nitrogens with zero attached hydrogens (tertiary/aromatic N) is 2. The van der Waals surface area contributed by atoms with Gasteiger partial charge in [0.1, 0.15) is 6.04 Å². The zero-order valence-electron chi connectivity index (χ0n) is 12.3. The van der Waals surface area contributed by atoms with E-state index in [0.29, 0.717) is 17.2 Å². The summed E-state index contributed by atoms with van der Waals surface area (Å²) in [5.41, 5.74) is 1.61. The summed E-state index contributed by atoms with van der Waals surface area (Å²) < 4.78 is 0. The normalized spacial score (nSPS) is 17.8. The van der Waals surface area contributed by atoms with Crippen LogP contribution in [-0.4, -0.2) is 52.6 Å². The van der Waals surface area contributed by atoms with Crippen molar-refractivity contribution in [3.05, 3.63) is 29.8 Å². The van der Waals surface area contributed by atoms with Crippen molar-refractivity contribution in [1.29, 1.82) is 0 Å². The molecule has 0 aliphatic carbocycles. The smallest absolute Gasteiger partial charge is 0.327 e. The molecule has 2 rings (SSSR count). The van der Waals surface area contributed by atoms with Gasteiger partial charge in [0, 0.05) is 30.1 Å². The number of benzene rings is 1. The van der Waals surface area contributed by atoms with Gasteiger partial charge < -0.3 is 14.9 Å². The number of carbonyl (C=O) groups excluding carboxylic acids is 1. The van der Waals surface area contributed by atoms with Gasteiger partial charge in [0.2, 0.25) is 0 Å². The molecule has 1 fully saturated rings. The number of anilines is 1. The molecule has 0 unspecified atom stereocenters. The van der Waals surface area contributed by atoms with Gasteiger partial charge in [-0.25, -0.2) is 4.79 Å². The van der Waals surface area contributed by atoms with Crippen molar-refractivity contribution in [2.75, 3.05) is 29.6 Å². The van der Waals surface area contributed by atoms with E-state index < -0.39 is 12.0 Å². The number of thioether (sulfide) groups is 1. The molecule has 5 nitrogen and oxygen atoms in total. The van der Waals surface area contributed by atoms with Gasteiger partial charge in [0.05, 0.1) is 5.88 Å². The third-order valence-electron chi connectivity index (χ3n) is 3.67. The maximum atomic E-state index is 12.4. The number of carboxylic acids is 1. The van der Waals surface area contributed by atoms with Crippen LogP contribution in [0.4, 0.5) is 5.69 Å². The van der Waals surface area contributed by atoms with E-state index >= 15 is 0 Å². The molecular formula is C15H20N2O3S. The molecule has 21 heavy (non-hydrogen) atoms. The summed E-state index contributed by atoms with van der Waals surface area (Å²) in [6.07, 6.45) is 0. The maximum Gasteiger partial charge on any atom is 0.327 e. The van der Waals surface area contributed by atoms with E-state index in [1.54, 1.807) is 12.1 Å². The number of carboxylic acid groups (broad SMARTS) is 1. The summed E-state index contributed by atoms with van der Waals surface area (Å²) in [5.74, 6) is -0.252. The van der Waals surface area contributed by atoms with Gasteiger partial charge in [-0.2, -0.15) is 0 Å². The standard InChI is InChI=1S/C15H20N2O3S/c1-3-16(4-2)12-7-5-11(6-8-12)14(18)17-10-21-9-13(17)15(19)20/h5-8,13H,3-4,9-10H2,1-2H3,(H,19,20)/t13-/m0/s1. The van der Waals surface area contributed by atoms with E-state index in [1.165, 1.54) is 16.7 Å². The van der Waals surface area contributed by atoms with E-state index in [2.05, 4.69) is 18.7 Å². The zero-order chi connectivity index (χ0) is 15.4. The van der Waals surface area contributed by atoms with Crippen LogP contribution < -0.4 is 4.90 Å². The first-order valence-corrected chi connectivity index (χ1v) is 8.20. The van der Waals surface area contributed by atoms with Crippen LogP contribution in [0.25, 0.3) is 0 Å². The van der Waals surface area contributed by atoms with Crippen molar-refractivity contribution >= 4 is 29.3 Å². The van der Waals surface area contributed by atoms with Gasteiger partial charge >= 0.3 is 5.97 Å². The lowest BCUT2D eigenvalue weighted by Gasteiger charge is -2.23. The molecule has 1 heterocycles. The van der Waals surface area contributed by atoms with Gasteiger partial charge in [-0.1, -0.05) is 0 Å². The van der Waals surface area contributed by atoms with Crippen LogP contribution in [0.1, 0.15) is 24.2 Å². The second-order valence-electron chi connectivity index (χ2n) is 4.85. The second-order valence-corrected chi connectivity index (χ2v) is 5.85. The summed E-state index contributed by atoms with van der Waals surface area (Å²) in [5, 5.41) is 9.15. The van der Waals surface area contributed by atoms with E-state index in [-0.39, 0.29) is 5.91 Å². The largest absolute Gasteiger partial charge is 0.480 e. The first kappa shape index (κ1) is 15.7. The minimum absolute atomic E-state index is 0.210. The SMILES string of the molecule is CCN(CC)c1ccc(C(=O)N2CSC[C@H]2C(=O)O)cc1. The number of rotatable bonds is 5. The fraction of sp³-hybridized carbons (Fsp3) is 0.467. The minimum Gasteiger partial charge on any atom is -0.480 e. The summed E-state index contributed by atoms with van der Waals surface area (Å²) in [6.45, 7) is 5.99. The van der Waals surface area contributed by atoms with Gasteiger partial charge in [0.25, 0.3) is 5.91 Å². The van der Waals surface area contributed by atoms with Crippen LogP contribution in [0, 0.1) is 0 Å². The molecule has 114 valence electrons. The summed E-state index contributed by atoms with van der Waals surface area (Å²) in [4.78, 5) is 27.2. The van der Waals surface area contributed by atoms with Crippen molar-refractivity contribution in [2.45, 2.75) is 19.9 Å². The topological polar surface area (TPSA) is 60.9 Å². The lowest BCUT2D eigenvalue weighted by atomic mass is 10.1. The van der Waals surface area contributed by atoms with Crippen molar-refractivity contribution < 1.29 is 14.7 Å². The Morgan fingerprint density at radius 1 is 1.29 bits per heavy atom. The molecule has 0 aromatic heterocycles. The molecule has 1 atom stereocenters. The molecule has 0 radical (unpaired) electrons. The molecule has 1 N–H and O–H groups in total. The van der Waals surface area contributed by atoms with Crippen LogP contribution in [0.3, 0.4) is 0 Å². The van der Waals surface area contributed by atoms with Gasteiger partial charge in [-0.15, -0.1) is 11.8 Å². The number of hydrogen-bond donors (Lipinski definition) is 1. The van der Waals surface area contributed by atoms with E-state index in [4.69, 9.17) is 5.11 Å². The van der Waals surface area contributed by atoms with Crippen molar-refractivity contribution in [2.24, 2.45) is 0 Å². The molecule has 6 heteroatoms. The molecule has 0 spiro atoms. The molecule has 0 bridgehead atoms. The Morgan fingerprint density at radius 3 is 2.43 bits per heavy atom. The molecule has 1 aromatic rings. The van der Waals surface area contributed by atoms with Crippen molar-refractivity contribution in [1.82, 2.24) is 4.90 Å². The molecular weight excluding hydrogens is 288 g/mol. The summed E-state index contributed by atoms with van der Waals surface area (Å²) in [7, 11) is 0. The van der Waals surface area contributed by atoms with Gasteiger partial charge in [-0.05, 0) is 38.1 Å². The van der Waals surface area contributed by atoms with Crippen LogP contribution in [-0.2, 0) is 4.79 Å². The quantitative estimate of drug-likeness (QED) is 0.903. The lowest BCUT2D eigenvalue weighted by molar-refractivity contribution is -0.140. The molecule has 1 aromatic carbocycles. The number of amides is 1. The average molecular weight is 308 g/mol. The predicted octanol–water partition coefficient (Wildman–Crippen LogP) is 2.13. The Hall–Kier alpha value is -1.69. The first-order valence-electron chi connectivity index (χ1n) is 7.05. The number of aliphatic carboxylic acids is 1. The molecule has 1 aliphatic heterocycles. The third kappa shape index (κ3) is 3.32. The highest BCUT2D eigenvalue weighted by molar-refractivity contribution is 7.99. The molecule has 1 aliphatic rings. The molecule has 1 amide bonds. The predicted molar refractivity (Wildman–Crippen MR) is 84.9 cm³/mol. The van der Waals surface area contributed by atoms with Crippen LogP contribution >= 0.6 is 11.8 Å². The van der Waals surface area contributed by atoms with Crippen molar-refractivity contribution in [3.8, 4) is 0 Å². The Bertz CT molecular complexity index is 514. The highest BCUT2D eigenvalue weighted by atomic mass is 32.2. The average Bonchev–Trinajstić information content (AvgIpc) is 2.98. The highest BCUT2D eigenvalue weighted by Gasteiger charge is 2.34. The zero-order valence-corrected chi connectivity index (χ0v) is 13.1. The maximum absolute atomic E-state index is 12.4. The van der Waals surface area contributed by atoms with E-state index in [1.807, 2.05) is 12.1 Å². The molecule has 1 saturated heterocycles. The number of hydrogen-bond acceptors (Lipinski definition) is 4. The fourth-order valence-electron chi connectivity index (χ4n) is 2.42.